The normalized spacial score (nSPS) is 11.6. The molecule has 5 heteroatoms. The van der Waals surface area contributed by atoms with E-state index in [1.807, 2.05) is 60.7 Å². The van der Waals surface area contributed by atoms with Crippen LogP contribution in [-0.4, -0.2) is 31.8 Å². The van der Waals surface area contributed by atoms with Crippen LogP contribution in [0.5, 0.6) is 5.75 Å². The Labute approximate surface area is 199 Å². The SMILES string of the molecule is COCCNC/C(=C/c1ccc(Cl)cc1)c1ccc(OCc2ccc3ccccc3n2)cc1. The van der Waals surface area contributed by atoms with Gasteiger partial charge in [-0.1, -0.05) is 60.1 Å². The van der Waals surface area contributed by atoms with Crippen molar-refractivity contribution in [1.29, 1.82) is 0 Å². The van der Waals surface area contributed by atoms with E-state index in [9.17, 15) is 0 Å². The Morgan fingerprint density at radius 3 is 2.52 bits per heavy atom. The molecule has 0 atom stereocenters. The highest BCUT2D eigenvalue weighted by molar-refractivity contribution is 6.30. The van der Waals surface area contributed by atoms with E-state index in [2.05, 4.69) is 40.6 Å². The molecule has 0 radical (unpaired) electrons. The van der Waals surface area contributed by atoms with E-state index in [-0.39, 0.29) is 0 Å². The van der Waals surface area contributed by atoms with Crippen molar-refractivity contribution >= 4 is 34.2 Å². The lowest BCUT2D eigenvalue weighted by atomic mass is 10.0. The van der Waals surface area contributed by atoms with Crippen molar-refractivity contribution in [2.24, 2.45) is 0 Å². The number of nitrogens with one attached hydrogen (secondary N) is 1. The molecule has 1 aromatic heterocycles. The lowest BCUT2D eigenvalue weighted by molar-refractivity contribution is 0.200. The van der Waals surface area contributed by atoms with Gasteiger partial charge < -0.3 is 14.8 Å². The zero-order valence-corrected chi connectivity index (χ0v) is 19.4. The molecule has 0 aliphatic rings. The number of aromatic nitrogens is 1. The maximum absolute atomic E-state index is 6.04. The van der Waals surface area contributed by atoms with Crippen LogP contribution >= 0.6 is 11.6 Å². The summed E-state index contributed by atoms with van der Waals surface area (Å²) >= 11 is 6.04. The van der Waals surface area contributed by atoms with Gasteiger partial charge in [-0.3, -0.25) is 0 Å². The van der Waals surface area contributed by atoms with Crippen molar-refractivity contribution in [3.63, 3.8) is 0 Å². The first-order valence-corrected chi connectivity index (χ1v) is 11.3. The van der Waals surface area contributed by atoms with E-state index in [0.29, 0.717) is 13.2 Å². The largest absolute Gasteiger partial charge is 0.487 e. The van der Waals surface area contributed by atoms with Crippen LogP contribution in [0.1, 0.15) is 16.8 Å². The van der Waals surface area contributed by atoms with E-state index in [1.165, 1.54) is 5.57 Å². The van der Waals surface area contributed by atoms with Gasteiger partial charge in [-0.15, -0.1) is 0 Å². The minimum Gasteiger partial charge on any atom is -0.487 e. The third kappa shape index (κ3) is 6.65. The summed E-state index contributed by atoms with van der Waals surface area (Å²) in [5.41, 5.74) is 5.29. The number of hydrogen-bond donors (Lipinski definition) is 1. The number of nitrogens with zero attached hydrogens (tertiary/aromatic N) is 1. The quantitative estimate of drug-likeness (QED) is 0.225. The van der Waals surface area contributed by atoms with E-state index in [0.717, 1.165) is 51.6 Å². The minimum absolute atomic E-state index is 0.427. The third-order valence-electron chi connectivity index (χ3n) is 5.28. The van der Waals surface area contributed by atoms with E-state index >= 15 is 0 Å². The summed E-state index contributed by atoms with van der Waals surface area (Å²) in [5.74, 6) is 0.812. The Hall–Kier alpha value is -3.18. The number of benzene rings is 3. The standard InChI is InChI=1S/C28H27ClN2O2/c1-32-17-16-30-19-24(18-21-6-11-25(29)12-7-21)22-9-14-27(15-10-22)33-20-26-13-8-23-4-2-3-5-28(23)31-26/h2-15,18,30H,16-17,19-20H2,1H3/b24-18-. The lowest BCUT2D eigenvalue weighted by Crippen LogP contribution is -2.21. The van der Waals surface area contributed by atoms with Gasteiger partial charge >= 0.3 is 0 Å². The molecule has 168 valence electrons. The van der Waals surface area contributed by atoms with Gasteiger partial charge in [0.1, 0.15) is 12.4 Å². The molecular formula is C28H27ClN2O2. The van der Waals surface area contributed by atoms with Crippen molar-refractivity contribution < 1.29 is 9.47 Å². The smallest absolute Gasteiger partial charge is 0.130 e. The van der Waals surface area contributed by atoms with Crippen LogP contribution in [0, 0.1) is 0 Å². The average Bonchev–Trinajstić information content (AvgIpc) is 2.86. The summed E-state index contributed by atoms with van der Waals surface area (Å²) < 4.78 is 11.1. The van der Waals surface area contributed by atoms with Crippen LogP contribution in [0.2, 0.25) is 5.02 Å². The van der Waals surface area contributed by atoms with Crippen LogP contribution in [0.4, 0.5) is 0 Å². The molecule has 0 saturated heterocycles. The Morgan fingerprint density at radius 1 is 0.939 bits per heavy atom. The number of halogens is 1. The van der Waals surface area contributed by atoms with Crippen LogP contribution in [0.3, 0.4) is 0 Å². The molecule has 0 unspecified atom stereocenters. The summed E-state index contributed by atoms with van der Waals surface area (Å²) in [7, 11) is 1.71. The summed E-state index contributed by atoms with van der Waals surface area (Å²) in [6, 6.07) is 28.2. The predicted molar refractivity (Wildman–Crippen MR) is 137 cm³/mol. The van der Waals surface area contributed by atoms with Gasteiger partial charge in [-0.05, 0) is 59.2 Å². The maximum Gasteiger partial charge on any atom is 0.130 e. The monoisotopic (exact) mass is 458 g/mol. The summed E-state index contributed by atoms with van der Waals surface area (Å²) in [5, 5.41) is 5.29. The van der Waals surface area contributed by atoms with Gasteiger partial charge in [-0.2, -0.15) is 0 Å². The maximum atomic E-state index is 6.04. The molecule has 3 aromatic carbocycles. The van der Waals surface area contributed by atoms with Gasteiger partial charge in [0.05, 0.1) is 17.8 Å². The van der Waals surface area contributed by atoms with Crippen LogP contribution in [-0.2, 0) is 11.3 Å². The Kier molecular flexibility index (Phi) is 8.09. The Balaban J connectivity index is 1.45. The van der Waals surface area contributed by atoms with Gasteiger partial charge in [0, 0.05) is 30.6 Å². The fourth-order valence-corrected chi connectivity index (χ4v) is 3.63. The summed E-state index contributed by atoms with van der Waals surface area (Å²) in [6.07, 6.45) is 2.17. The first kappa shape index (κ1) is 23.0. The highest BCUT2D eigenvalue weighted by Gasteiger charge is 2.05. The third-order valence-corrected chi connectivity index (χ3v) is 5.53. The van der Waals surface area contributed by atoms with Crippen molar-refractivity contribution in [3.8, 4) is 5.75 Å². The van der Waals surface area contributed by atoms with E-state index < -0.39 is 0 Å². The molecule has 33 heavy (non-hydrogen) atoms. The molecule has 4 aromatic rings. The molecule has 1 N–H and O–H groups in total. The van der Waals surface area contributed by atoms with Crippen LogP contribution in [0.15, 0.2) is 84.9 Å². The first-order valence-electron chi connectivity index (χ1n) is 10.9. The Morgan fingerprint density at radius 2 is 1.73 bits per heavy atom. The van der Waals surface area contributed by atoms with Gasteiger partial charge in [-0.25, -0.2) is 4.98 Å². The predicted octanol–water partition coefficient (Wildman–Crippen LogP) is 6.24. The van der Waals surface area contributed by atoms with Gasteiger partial charge in [0.2, 0.25) is 0 Å². The molecule has 0 bridgehead atoms. The number of hydrogen-bond acceptors (Lipinski definition) is 4. The van der Waals surface area contributed by atoms with Crippen LogP contribution in [0.25, 0.3) is 22.6 Å². The second kappa shape index (κ2) is 11.6. The van der Waals surface area contributed by atoms with Gasteiger partial charge in [0.15, 0.2) is 0 Å². The van der Waals surface area contributed by atoms with Crippen molar-refractivity contribution in [2.75, 3.05) is 26.8 Å². The Bertz CT molecular complexity index is 1200. The number of fused-ring (bicyclic) bond motifs is 1. The van der Waals surface area contributed by atoms with Gasteiger partial charge in [0.25, 0.3) is 0 Å². The molecule has 0 fully saturated rings. The zero-order valence-electron chi connectivity index (χ0n) is 18.6. The van der Waals surface area contributed by atoms with Crippen LogP contribution < -0.4 is 10.1 Å². The highest BCUT2D eigenvalue weighted by Crippen LogP contribution is 2.23. The fraction of sp³-hybridized carbons (Fsp3) is 0.179. The van der Waals surface area contributed by atoms with Crippen molar-refractivity contribution in [2.45, 2.75) is 6.61 Å². The zero-order chi connectivity index (χ0) is 22.9. The molecule has 0 spiro atoms. The first-order chi connectivity index (χ1) is 16.2. The van der Waals surface area contributed by atoms with Crippen molar-refractivity contribution in [1.82, 2.24) is 10.3 Å². The molecule has 0 aliphatic heterocycles. The van der Waals surface area contributed by atoms with E-state index in [4.69, 9.17) is 21.1 Å². The molecule has 0 saturated carbocycles. The minimum atomic E-state index is 0.427. The summed E-state index contributed by atoms with van der Waals surface area (Å²) in [4.78, 5) is 4.68. The average molecular weight is 459 g/mol. The second-order valence-corrected chi connectivity index (χ2v) is 8.14. The fourth-order valence-electron chi connectivity index (χ4n) is 3.51. The molecule has 0 amide bonds. The molecular weight excluding hydrogens is 432 g/mol. The number of rotatable bonds is 10. The number of methoxy groups -OCH3 is 1. The lowest BCUT2D eigenvalue weighted by Gasteiger charge is -2.12. The van der Waals surface area contributed by atoms with Crippen molar-refractivity contribution in [3.05, 3.63) is 107 Å². The highest BCUT2D eigenvalue weighted by atomic mass is 35.5. The summed E-state index contributed by atoms with van der Waals surface area (Å²) in [6.45, 7) is 2.61. The molecule has 1 heterocycles. The molecule has 4 nitrogen and oxygen atoms in total. The number of para-hydroxylation sites is 1. The number of pyridine rings is 1. The topological polar surface area (TPSA) is 43.4 Å². The molecule has 0 aliphatic carbocycles. The van der Waals surface area contributed by atoms with E-state index in [1.54, 1.807) is 7.11 Å². The molecule has 4 rings (SSSR count). The number of ether oxygens (including phenoxy) is 2. The second-order valence-electron chi connectivity index (χ2n) is 7.70.